The molecule has 0 radical (unpaired) electrons. The Morgan fingerprint density at radius 2 is 2.31 bits per heavy atom. The number of hydrogen-bond donors (Lipinski definition) is 0. The lowest BCUT2D eigenvalue weighted by Gasteiger charge is -1.92. The number of thiazole rings is 1. The molecular weight excluding hydrogens is 226 g/mol. The van der Waals surface area contributed by atoms with E-state index in [1.54, 1.807) is 10.1 Å². The molecule has 0 atom stereocenters. The van der Waals surface area contributed by atoms with Gasteiger partial charge in [-0.15, -0.1) is 11.3 Å². The molecule has 6 heteroatoms. The van der Waals surface area contributed by atoms with Crippen molar-refractivity contribution in [1.29, 1.82) is 0 Å². The summed E-state index contributed by atoms with van der Waals surface area (Å²) < 4.78 is 6.33. The second kappa shape index (κ2) is 4.05. The van der Waals surface area contributed by atoms with Crippen molar-refractivity contribution in [3.8, 4) is 10.6 Å². The molecular formula is C10H11N3O2S. The van der Waals surface area contributed by atoms with Crippen LogP contribution in [0.3, 0.4) is 0 Å². The van der Waals surface area contributed by atoms with E-state index in [9.17, 15) is 4.79 Å². The van der Waals surface area contributed by atoms with Gasteiger partial charge in [-0.3, -0.25) is 4.68 Å². The van der Waals surface area contributed by atoms with Crippen molar-refractivity contribution in [1.82, 2.24) is 14.8 Å². The summed E-state index contributed by atoms with van der Waals surface area (Å²) in [5, 5.41) is 6.70. The Labute approximate surface area is 96.7 Å². The van der Waals surface area contributed by atoms with Crippen LogP contribution in [-0.4, -0.2) is 27.8 Å². The van der Waals surface area contributed by atoms with Gasteiger partial charge >= 0.3 is 5.97 Å². The fourth-order valence-electron chi connectivity index (χ4n) is 1.41. The highest BCUT2D eigenvalue weighted by atomic mass is 32.1. The zero-order valence-corrected chi connectivity index (χ0v) is 10.0. The van der Waals surface area contributed by atoms with Gasteiger partial charge in [0.1, 0.15) is 5.01 Å². The maximum atomic E-state index is 11.2. The zero-order chi connectivity index (χ0) is 11.7. The molecule has 0 unspecified atom stereocenters. The van der Waals surface area contributed by atoms with Crippen LogP contribution in [0.2, 0.25) is 0 Å². The van der Waals surface area contributed by atoms with Crippen molar-refractivity contribution in [3.05, 3.63) is 23.0 Å². The summed E-state index contributed by atoms with van der Waals surface area (Å²) in [6, 6.07) is 0. The fourth-order valence-corrected chi connectivity index (χ4v) is 2.26. The standard InChI is InChI=1S/C10H11N3O2S/c1-6-7(4-13(2)12-6)9-11-8(5-16-9)10(14)15-3/h4-5H,1-3H3. The van der Waals surface area contributed by atoms with Crippen LogP contribution in [0, 0.1) is 6.92 Å². The fraction of sp³-hybridized carbons (Fsp3) is 0.300. The Bertz CT molecular complexity index is 530. The molecule has 84 valence electrons. The Balaban J connectivity index is 2.38. The Morgan fingerprint density at radius 3 is 2.88 bits per heavy atom. The average Bonchev–Trinajstić information content (AvgIpc) is 2.83. The Kier molecular flexibility index (Phi) is 2.74. The van der Waals surface area contributed by atoms with Crippen molar-refractivity contribution in [2.75, 3.05) is 7.11 Å². The minimum Gasteiger partial charge on any atom is -0.464 e. The molecule has 0 aliphatic carbocycles. The van der Waals surface area contributed by atoms with Crippen molar-refractivity contribution >= 4 is 17.3 Å². The molecule has 0 saturated heterocycles. The van der Waals surface area contributed by atoms with Gasteiger partial charge in [-0.2, -0.15) is 5.10 Å². The van der Waals surface area contributed by atoms with E-state index in [1.807, 2.05) is 20.2 Å². The lowest BCUT2D eigenvalue weighted by atomic mass is 10.3. The maximum Gasteiger partial charge on any atom is 0.357 e. The molecule has 0 aliphatic rings. The molecule has 2 heterocycles. The SMILES string of the molecule is COC(=O)c1csc(-c2cn(C)nc2C)n1. The monoisotopic (exact) mass is 237 g/mol. The third kappa shape index (κ3) is 1.83. The molecule has 2 rings (SSSR count). The Hall–Kier alpha value is -1.69. The molecule has 0 fully saturated rings. The molecule has 0 saturated carbocycles. The van der Waals surface area contributed by atoms with Crippen LogP contribution in [0.25, 0.3) is 10.6 Å². The summed E-state index contributed by atoms with van der Waals surface area (Å²) in [6.07, 6.45) is 1.88. The van der Waals surface area contributed by atoms with Gasteiger partial charge < -0.3 is 4.74 Å². The zero-order valence-electron chi connectivity index (χ0n) is 9.22. The summed E-state index contributed by atoms with van der Waals surface area (Å²) in [7, 11) is 3.20. The molecule has 0 bridgehead atoms. The summed E-state index contributed by atoms with van der Waals surface area (Å²) in [4.78, 5) is 15.5. The third-order valence-corrected chi connectivity index (χ3v) is 3.02. The number of rotatable bonds is 2. The van der Waals surface area contributed by atoms with E-state index in [2.05, 4.69) is 14.8 Å². The number of methoxy groups -OCH3 is 1. The van der Waals surface area contributed by atoms with Crippen molar-refractivity contribution < 1.29 is 9.53 Å². The topological polar surface area (TPSA) is 57.0 Å². The lowest BCUT2D eigenvalue weighted by Crippen LogP contribution is -2.00. The summed E-state index contributed by atoms with van der Waals surface area (Å²) >= 11 is 1.41. The first-order chi connectivity index (χ1) is 7.61. The minimum absolute atomic E-state index is 0.339. The molecule has 2 aromatic heterocycles. The summed E-state index contributed by atoms with van der Waals surface area (Å²) in [5.41, 5.74) is 2.18. The number of aryl methyl sites for hydroxylation is 2. The van der Waals surface area contributed by atoms with Crippen molar-refractivity contribution in [2.45, 2.75) is 6.92 Å². The van der Waals surface area contributed by atoms with E-state index in [0.29, 0.717) is 5.69 Å². The smallest absolute Gasteiger partial charge is 0.357 e. The van der Waals surface area contributed by atoms with Gasteiger partial charge in [0.2, 0.25) is 0 Å². The van der Waals surface area contributed by atoms with Crippen molar-refractivity contribution in [3.63, 3.8) is 0 Å². The van der Waals surface area contributed by atoms with E-state index in [4.69, 9.17) is 0 Å². The molecule has 0 aliphatic heterocycles. The minimum atomic E-state index is -0.413. The highest BCUT2D eigenvalue weighted by Gasteiger charge is 2.14. The first kappa shape index (κ1) is 10.8. The van der Waals surface area contributed by atoms with E-state index in [0.717, 1.165) is 16.3 Å². The van der Waals surface area contributed by atoms with E-state index in [1.165, 1.54) is 18.4 Å². The molecule has 16 heavy (non-hydrogen) atoms. The molecule has 0 spiro atoms. The maximum absolute atomic E-state index is 11.2. The van der Waals surface area contributed by atoms with Gasteiger partial charge in [-0.25, -0.2) is 9.78 Å². The average molecular weight is 237 g/mol. The number of carbonyl (C=O) groups excluding carboxylic acids is 1. The van der Waals surface area contributed by atoms with Crippen LogP contribution >= 0.6 is 11.3 Å². The highest BCUT2D eigenvalue weighted by Crippen LogP contribution is 2.26. The van der Waals surface area contributed by atoms with Gasteiger partial charge in [0, 0.05) is 18.6 Å². The van der Waals surface area contributed by atoms with Gasteiger partial charge in [-0.05, 0) is 6.92 Å². The van der Waals surface area contributed by atoms with E-state index >= 15 is 0 Å². The van der Waals surface area contributed by atoms with Gasteiger partial charge in [-0.1, -0.05) is 0 Å². The lowest BCUT2D eigenvalue weighted by molar-refractivity contribution is 0.0595. The number of aromatic nitrogens is 3. The summed E-state index contributed by atoms with van der Waals surface area (Å²) in [5.74, 6) is -0.413. The van der Waals surface area contributed by atoms with Crippen LogP contribution in [0.5, 0.6) is 0 Å². The molecule has 0 N–H and O–H groups in total. The number of nitrogens with zero attached hydrogens (tertiary/aromatic N) is 3. The second-order valence-corrected chi connectivity index (χ2v) is 4.19. The van der Waals surface area contributed by atoms with Crippen LogP contribution in [0.1, 0.15) is 16.2 Å². The predicted molar refractivity (Wildman–Crippen MR) is 60.4 cm³/mol. The van der Waals surface area contributed by atoms with Gasteiger partial charge in [0.15, 0.2) is 5.69 Å². The number of esters is 1. The molecule has 0 aromatic carbocycles. The van der Waals surface area contributed by atoms with Gasteiger partial charge in [0.05, 0.1) is 18.4 Å². The molecule has 0 amide bonds. The first-order valence-electron chi connectivity index (χ1n) is 4.66. The van der Waals surface area contributed by atoms with Crippen LogP contribution in [-0.2, 0) is 11.8 Å². The van der Waals surface area contributed by atoms with Gasteiger partial charge in [0.25, 0.3) is 0 Å². The first-order valence-corrected chi connectivity index (χ1v) is 5.54. The van der Waals surface area contributed by atoms with E-state index in [-0.39, 0.29) is 0 Å². The van der Waals surface area contributed by atoms with Crippen LogP contribution < -0.4 is 0 Å². The largest absolute Gasteiger partial charge is 0.464 e. The summed E-state index contributed by atoms with van der Waals surface area (Å²) in [6.45, 7) is 1.91. The quantitative estimate of drug-likeness (QED) is 0.745. The highest BCUT2D eigenvalue weighted by molar-refractivity contribution is 7.13. The number of hydrogen-bond acceptors (Lipinski definition) is 5. The second-order valence-electron chi connectivity index (χ2n) is 3.33. The van der Waals surface area contributed by atoms with E-state index < -0.39 is 5.97 Å². The Morgan fingerprint density at radius 1 is 1.56 bits per heavy atom. The molecule has 5 nitrogen and oxygen atoms in total. The third-order valence-electron chi connectivity index (χ3n) is 2.14. The predicted octanol–water partition coefficient (Wildman–Crippen LogP) is 1.64. The number of ether oxygens (including phenoxy) is 1. The van der Waals surface area contributed by atoms with Crippen molar-refractivity contribution in [2.24, 2.45) is 7.05 Å². The number of carbonyl (C=O) groups is 1. The molecule has 2 aromatic rings. The van der Waals surface area contributed by atoms with Crippen LogP contribution in [0.4, 0.5) is 0 Å². The normalized spacial score (nSPS) is 10.4. The van der Waals surface area contributed by atoms with Crippen LogP contribution in [0.15, 0.2) is 11.6 Å².